The van der Waals surface area contributed by atoms with Crippen LogP contribution >= 0.6 is 11.6 Å². The molecule has 0 saturated carbocycles. The van der Waals surface area contributed by atoms with Crippen LogP contribution in [0.25, 0.3) is 5.69 Å². The van der Waals surface area contributed by atoms with E-state index in [1.807, 2.05) is 13.8 Å². The number of amides is 1. The van der Waals surface area contributed by atoms with Gasteiger partial charge in [0.05, 0.1) is 17.4 Å². The summed E-state index contributed by atoms with van der Waals surface area (Å²) in [5.74, 6) is -1.38. The second-order valence-corrected chi connectivity index (χ2v) is 5.67. The van der Waals surface area contributed by atoms with E-state index in [1.54, 1.807) is 35.1 Å². The first-order chi connectivity index (χ1) is 10.9. The normalized spacial score (nSPS) is 12.0. The minimum atomic E-state index is -1.04. The largest absolute Gasteiger partial charge is 0.480 e. The first-order valence-electron chi connectivity index (χ1n) is 7.25. The number of nitrogens with zero attached hydrogens (tertiary/aromatic N) is 3. The molecule has 1 aromatic carbocycles. The molecule has 7 heteroatoms. The van der Waals surface area contributed by atoms with Crippen molar-refractivity contribution < 1.29 is 14.7 Å². The van der Waals surface area contributed by atoms with Crippen molar-refractivity contribution in [3.8, 4) is 5.69 Å². The van der Waals surface area contributed by atoms with Gasteiger partial charge in [-0.05, 0) is 37.6 Å². The van der Waals surface area contributed by atoms with E-state index >= 15 is 0 Å². The summed E-state index contributed by atoms with van der Waals surface area (Å²) >= 11 is 5.85. The van der Waals surface area contributed by atoms with E-state index in [0.717, 1.165) is 5.69 Å². The number of halogens is 1. The Hall–Kier alpha value is -2.34. The van der Waals surface area contributed by atoms with E-state index in [9.17, 15) is 9.59 Å². The van der Waals surface area contributed by atoms with Crippen molar-refractivity contribution in [3.63, 3.8) is 0 Å². The zero-order valence-corrected chi connectivity index (χ0v) is 13.7. The molecule has 0 spiro atoms. The molecule has 0 radical (unpaired) electrons. The van der Waals surface area contributed by atoms with Gasteiger partial charge in [0.1, 0.15) is 6.54 Å². The van der Waals surface area contributed by atoms with E-state index in [-0.39, 0.29) is 18.5 Å². The minimum absolute atomic E-state index is 0.169. The molecule has 0 saturated heterocycles. The van der Waals surface area contributed by atoms with Gasteiger partial charge in [0.25, 0.3) is 5.91 Å². The second kappa shape index (κ2) is 7.28. The van der Waals surface area contributed by atoms with Gasteiger partial charge in [0, 0.05) is 17.3 Å². The highest BCUT2D eigenvalue weighted by Crippen LogP contribution is 2.15. The lowest BCUT2D eigenvalue weighted by Crippen LogP contribution is -2.41. The molecule has 1 N–H and O–H groups in total. The smallest absolute Gasteiger partial charge is 0.323 e. The van der Waals surface area contributed by atoms with Crippen LogP contribution in [0.3, 0.4) is 0 Å². The lowest BCUT2D eigenvalue weighted by Gasteiger charge is -2.26. The number of hydrogen-bond donors (Lipinski definition) is 1. The summed E-state index contributed by atoms with van der Waals surface area (Å²) in [6, 6.07) is 6.87. The van der Waals surface area contributed by atoms with Crippen LogP contribution in [0.15, 0.2) is 36.7 Å². The number of carbonyl (C=O) groups excluding carboxylic acids is 1. The number of rotatable bonds is 6. The Bertz CT molecular complexity index is 697. The first-order valence-corrected chi connectivity index (χ1v) is 7.63. The highest BCUT2D eigenvalue weighted by atomic mass is 35.5. The Balaban J connectivity index is 2.25. The van der Waals surface area contributed by atoms with Crippen LogP contribution in [-0.2, 0) is 4.79 Å². The fourth-order valence-electron chi connectivity index (χ4n) is 2.13. The molecule has 0 aliphatic heterocycles. The summed E-state index contributed by atoms with van der Waals surface area (Å²) in [4.78, 5) is 24.9. The van der Waals surface area contributed by atoms with E-state index in [4.69, 9.17) is 16.7 Å². The van der Waals surface area contributed by atoms with Crippen molar-refractivity contribution >= 4 is 23.5 Å². The summed E-state index contributed by atoms with van der Waals surface area (Å²) in [5.41, 5.74) is 1.11. The highest BCUT2D eigenvalue weighted by molar-refractivity contribution is 6.30. The van der Waals surface area contributed by atoms with Crippen LogP contribution in [0.2, 0.25) is 5.02 Å². The van der Waals surface area contributed by atoms with E-state index in [2.05, 4.69) is 5.10 Å². The Morgan fingerprint density at radius 3 is 2.57 bits per heavy atom. The van der Waals surface area contributed by atoms with Crippen molar-refractivity contribution in [3.05, 3.63) is 47.2 Å². The van der Waals surface area contributed by atoms with E-state index < -0.39 is 5.97 Å². The molecule has 23 heavy (non-hydrogen) atoms. The number of carbonyl (C=O) groups is 2. The maximum absolute atomic E-state index is 12.6. The summed E-state index contributed by atoms with van der Waals surface area (Å²) in [6.45, 7) is 3.40. The number of carboxylic acid groups (broad SMARTS) is 1. The average molecular weight is 336 g/mol. The minimum Gasteiger partial charge on any atom is -0.480 e. The summed E-state index contributed by atoms with van der Waals surface area (Å²) in [7, 11) is 0. The van der Waals surface area contributed by atoms with Crippen molar-refractivity contribution in [1.82, 2.24) is 14.7 Å². The van der Waals surface area contributed by atoms with Crippen LogP contribution in [-0.4, -0.2) is 44.3 Å². The van der Waals surface area contributed by atoms with Crippen LogP contribution in [0.4, 0.5) is 0 Å². The molecule has 1 amide bonds. The Morgan fingerprint density at radius 2 is 2.00 bits per heavy atom. The number of carboxylic acids is 1. The van der Waals surface area contributed by atoms with Crippen molar-refractivity contribution in [2.75, 3.05) is 6.54 Å². The first kappa shape index (κ1) is 17.0. The zero-order valence-electron chi connectivity index (χ0n) is 12.9. The van der Waals surface area contributed by atoms with Crippen molar-refractivity contribution in [2.24, 2.45) is 0 Å². The predicted molar refractivity (Wildman–Crippen MR) is 87.0 cm³/mol. The monoisotopic (exact) mass is 335 g/mol. The molecule has 1 heterocycles. The summed E-state index contributed by atoms with van der Waals surface area (Å²) in [6.07, 6.45) is 3.70. The van der Waals surface area contributed by atoms with Gasteiger partial charge in [0.2, 0.25) is 0 Å². The maximum atomic E-state index is 12.6. The fourth-order valence-corrected chi connectivity index (χ4v) is 2.25. The Kier molecular flexibility index (Phi) is 5.39. The summed E-state index contributed by atoms with van der Waals surface area (Å²) < 4.78 is 1.55. The van der Waals surface area contributed by atoms with Gasteiger partial charge in [-0.2, -0.15) is 5.10 Å². The van der Waals surface area contributed by atoms with E-state index in [0.29, 0.717) is 17.0 Å². The van der Waals surface area contributed by atoms with Gasteiger partial charge in [-0.25, -0.2) is 4.68 Å². The lowest BCUT2D eigenvalue weighted by molar-refractivity contribution is -0.138. The third-order valence-corrected chi connectivity index (χ3v) is 3.86. The molecule has 1 aromatic heterocycles. The molecule has 1 atom stereocenters. The van der Waals surface area contributed by atoms with Gasteiger partial charge >= 0.3 is 5.97 Å². The second-order valence-electron chi connectivity index (χ2n) is 5.23. The molecule has 2 rings (SSSR count). The third kappa shape index (κ3) is 4.10. The highest BCUT2D eigenvalue weighted by Gasteiger charge is 2.24. The molecule has 0 aliphatic carbocycles. The van der Waals surface area contributed by atoms with Gasteiger partial charge in [-0.15, -0.1) is 0 Å². The topological polar surface area (TPSA) is 75.4 Å². The van der Waals surface area contributed by atoms with Gasteiger partial charge in [-0.3, -0.25) is 9.59 Å². The van der Waals surface area contributed by atoms with Crippen LogP contribution in [0.5, 0.6) is 0 Å². The molecular weight excluding hydrogens is 318 g/mol. The van der Waals surface area contributed by atoms with Gasteiger partial charge < -0.3 is 10.0 Å². The molecule has 6 nitrogen and oxygen atoms in total. The molecular formula is C16H18ClN3O3. The molecule has 2 aromatic rings. The SMILES string of the molecule is CCC(C)N(CC(=O)O)C(=O)c1cnn(-c2ccc(Cl)cc2)c1. The molecule has 122 valence electrons. The molecule has 0 bridgehead atoms. The van der Waals surface area contributed by atoms with Crippen LogP contribution in [0, 0.1) is 0 Å². The number of benzene rings is 1. The quantitative estimate of drug-likeness (QED) is 0.880. The van der Waals surface area contributed by atoms with Crippen LogP contribution < -0.4 is 0 Å². The lowest BCUT2D eigenvalue weighted by atomic mass is 10.2. The third-order valence-electron chi connectivity index (χ3n) is 3.61. The van der Waals surface area contributed by atoms with Gasteiger partial charge in [-0.1, -0.05) is 18.5 Å². The predicted octanol–water partition coefficient (Wildman–Crippen LogP) is 2.85. The number of aromatic nitrogens is 2. The molecule has 0 aliphatic rings. The van der Waals surface area contributed by atoms with E-state index in [1.165, 1.54) is 11.1 Å². The number of aliphatic carboxylic acids is 1. The Morgan fingerprint density at radius 1 is 1.35 bits per heavy atom. The maximum Gasteiger partial charge on any atom is 0.323 e. The Labute approximate surface area is 139 Å². The van der Waals surface area contributed by atoms with Crippen molar-refractivity contribution in [1.29, 1.82) is 0 Å². The number of hydrogen-bond acceptors (Lipinski definition) is 3. The molecule has 0 fully saturated rings. The molecule has 1 unspecified atom stereocenters. The van der Waals surface area contributed by atoms with Gasteiger partial charge in [0.15, 0.2) is 0 Å². The van der Waals surface area contributed by atoms with Crippen LogP contribution in [0.1, 0.15) is 30.6 Å². The van der Waals surface area contributed by atoms with Crippen molar-refractivity contribution in [2.45, 2.75) is 26.3 Å². The summed E-state index contributed by atoms with van der Waals surface area (Å²) in [5, 5.41) is 13.8. The zero-order chi connectivity index (χ0) is 17.0. The fraction of sp³-hybridized carbons (Fsp3) is 0.312. The average Bonchev–Trinajstić information content (AvgIpc) is 3.01. The standard InChI is InChI=1S/C16H18ClN3O3/c1-3-11(2)19(10-15(21)22)16(23)12-8-18-20(9-12)14-6-4-13(17)5-7-14/h4-9,11H,3,10H2,1-2H3,(H,21,22).